The molecule has 1 amide bonds. The number of nitrogen functional groups attached to an aromatic ring is 1. The Morgan fingerprint density at radius 2 is 2.14 bits per heavy atom. The number of aliphatic imine (C=N–C) groups is 1. The van der Waals surface area contributed by atoms with Gasteiger partial charge in [0.05, 0.1) is 17.0 Å². The van der Waals surface area contributed by atoms with Gasteiger partial charge in [-0.2, -0.15) is 4.99 Å². The molecule has 3 rings (SSSR count). The molecule has 0 saturated heterocycles. The number of hydrogen-bond donors (Lipinski definition) is 2. The number of fused-ring (bicyclic) bond motifs is 1. The Hall–Kier alpha value is -2.54. The molecule has 22 heavy (non-hydrogen) atoms. The fourth-order valence-electron chi connectivity index (χ4n) is 2.17. The number of anilines is 1. The average molecular weight is 314 g/mol. The molecule has 0 radical (unpaired) electrons. The van der Waals surface area contributed by atoms with E-state index in [2.05, 4.69) is 9.98 Å². The molecular weight excluding hydrogens is 300 g/mol. The van der Waals surface area contributed by atoms with Crippen LogP contribution in [-0.2, 0) is 4.79 Å². The summed E-state index contributed by atoms with van der Waals surface area (Å²) in [7, 11) is 0. The first-order valence-electron chi connectivity index (χ1n) is 6.68. The van der Waals surface area contributed by atoms with Crippen LogP contribution in [0.25, 0.3) is 17.0 Å². The molecule has 0 fully saturated rings. The number of nitrogens with two attached hydrogens (primary N) is 2. The molecule has 112 valence electrons. The van der Waals surface area contributed by atoms with E-state index in [-0.39, 0.29) is 11.1 Å². The van der Waals surface area contributed by atoms with Crippen molar-refractivity contribution >= 4 is 45.6 Å². The molecule has 2 aromatic rings. The minimum Gasteiger partial charge on any atom is -0.493 e. The van der Waals surface area contributed by atoms with Crippen LogP contribution in [0.3, 0.4) is 0 Å². The van der Waals surface area contributed by atoms with Gasteiger partial charge in [0.15, 0.2) is 5.17 Å². The number of carbonyl (C=O) groups is 1. The summed E-state index contributed by atoms with van der Waals surface area (Å²) in [4.78, 5) is 20.1. The Morgan fingerprint density at radius 3 is 2.82 bits per heavy atom. The largest absolute Gasteiger partial charge is 0.493 e. The van der Waals surface area contributed by atoms with Gasteiger partial charge in [0, 0.05) is 11.5 Å². The molecule has 1 aliphatic heterocycles. The van der Waals surface area contributed by atoms with Gasteiger partial charge >= 0.3 is 0 Å². The zero-order valence-corrected chi connectivity index (χ0v) is 12.7. The number of thioether (sulfide) groups is 1. The third-order valence-corrected chi connectivity index (χ3v) is 3.86. The number of rotatable bonds is 3. The normalized spacial score (nSPS) is 16.3. The fraction of sp³-hybridized carbons (Fsp3) is 0.133. The molecule has 1 aliphatic rings. The van der Waals surface area contributed by atoms with Gasteiger partial charge < -0.3 is 16.2 Å². The van der Waals surface area contributed by atoms with E-state index >= 15 is 0 Å². The van der Waals surface area contributed by atoms with Crippen LogP contribution in [0.5, 0.6) is 5.75 Å². The van der Waals surface area contributed by atoms with E-state index in [1.807, 2.05) is 25.1 Å². The zero-order chi connectivity index (χ0) is 15.7. The quantitative estimate of drug-likeness (QED) is 0.841. The molecule has 2 heterocycles. The number of benzene rings is 1. The first kappa shape index (κ1) is 14.4. The monoisotopic (exact) mass is 314 g/mol. The van der Waals surface area contributed by atoms with E-state index in [0.717, 1.165) is 28.2 Å². The Labute approximate surface area is 131 Å². The summed E-state index contributed by atoms with van der Waals surface area (Å²) in [5.74, 6) is 0.763. The lowest BCUT2D eigenvalue weighted by atomic mass is 10.1. The molecule has 6 nitrogen and oxygen atoms in total. The van der Waals surface area contributed by atoms with Crippen molar-refractivity contribution in [2.75, 3.05) is 12.3 Å². The maximum Gasteiger partial charge on any atom is 0.286 e. The highest BCUT2D eigenvalue weighted by Crippen LogP contribution is 2.30. The summed E-state index contributed by atoms with van der Waals surface area (Å²) < 4.78 is 5.61. The van der Waals surface area contributed by atoms with Crippen LogP contribution in [0.15, 0.2) is 34.2 Å². The zero-order valence-electron chi connectivity index (χ0n) is 11.9. The second kappa shape index (κ2) is 5.69. The van der Waals surface area contributed by atoms with Gasteiger partial charge in [0.2, 0.25) is 0 Å². The molecule has 0 bridgehead atoms. The minimum atomic E-state index is -0.317. The standard InChI is InChI=1S/C15H14N4O2S/c1-2-21-11-7-13(16)18-10-4-3-8(5-9(10)11)6-12-14(20)19-15(17)22-12/h3-7H,2H2,1H3,(H2,16,18)(H2,17,19,20). The number of ether oxygens (including phenoxy) is 1. The van der Waals surface area contributed by atoms with Gasteiger partial charge in [0.25, 0.3) is 5.91 Å². The van der Waals surface area contributed by atoms with Crippen molar-refractivity contribution in [3.05, 3.63) is 34.7 Å². The average Bonchev–Trinajstić information content (AvgIpc) is 2.77. The summed E-state index contributed by atoms with van der Waals surface area (Å²) >= 11 is 1.16. The highest BCUT2D eigenvalue weighted by atomic mass is 32.2. The van der Waals surface area contributed by atoms with Crippen molar-refractivity contribution < 1.29 is 9.53 Å². The van der Waals surface area contributed by atoms with Crippen LogP contribution in [0, 0.1) is 0 Å². The van der Waals surface area contributed by atoms with Crippen LogP contribution in [0.1, 0.15) is 12.5 Å². The summed E-state index contributed by atoms with van der Waals surface area (Å²) in [5, 5.41) is 1.11. The maximum atomic E-state index is 11.7. The number of hydrogen-bond acceptors (Lipinski definition) is 6. The van der Waals surface area contributed by atoms with E-state index in [1.54, 1.807) is 12.1 Å². The molecule has 4 N–H and O–H groups in total. The lowest BCUT2D eigenvalue weighted by Crippen LogP contribution is -2.01. The number of aromatic nitrogens is 1. The third kappa shape index (κ3) is 2.75. The summed E-state index contributed by atoms with van der Waals surface area (Å²) in [6.45, 7) is 2.44. The van der Waals surface area contributed by atoms with E-state index < -0.39 is 0 Å². The van der Waals surface area contributed by atoms with E-state index in [4.69, 9.17) is 16.2 Å². The number of pyridine rings is 1. The molecule has 1 aromatic heterocycles. The number of amidine groups is 1. The maximum absolute atomic E-state index is 11.7. The summed E-state index contributed by atoms with van der Waals surface area (Å²) in [6, 6.07) is 7.30. The van der Waals surface area contributed by atoms with Crippen molar-refractivity contribution in [2.45, 2.75) is 6.92 Å². The molecule has 0 aliphatic carbocycles. The van der Waals surface area contributed by atoms with Crippen LogP contribution in [0.4, 0.5) is 5.82 Å². The van der Waals surface area contributed by atoms with E-state index in [1.165, 1.54) is 0 Å². The first-order valence-corrected chi connectivity index (χ1v) is 7.49. The van der Waals surface area contributed by atoms with Crippen molar-refractivity contribution in [2.24, 2.45) is 10.7 Å². The highest BCUT2D eigenvalue weighted by Gasteiger charge is 2.19. The van der Waals surface area contributed by atoms with Crippen LogP contribution < -0.4 is 16.2 Å². The second-order valence-corrected chi connectivity index (χ2v) is 5.68. The van der Waals surface area contributed by atoms with Crippen molar-refractivity contribution in [3.63, 3.8) is 0 Å². The Kier molecular flexibility index (Phi) is 3.72. The smallest absolute Gasteiger partial charge is 0.286 e. The van der Waals surface area contributed by atoms with Gasteiger partial charge in [-0.3, -0.25) is 4.79 Å². The minimum absolute atomic E-state index is 0.265. The van der Waals surface area contributed by atoms with Crippen LogP contribution in [-0.4, -0.2) is 22.7 Å². The molecule has 0 saturated carbocycles. The van der Waals surface area contributed by atoms with Gasteiger partial charge in [-0.05, 0) is 42.5 Å². The van der Waals surface area contributed by atoms with Gasteiger partial charge in [0.1, 0.15) is 11.6 Å². The Bertz CT molecular complexity index is 830. The topological polar surface area (TPSA) is 104 Å². The molecule has 7 heteroatoms. The molecule has 0 unspecified atom stereocenters. The Balaban J connectivity index is 2.06. The van der Waals surface area contributed by atoms with Gasteiger partial charge in [-0.25, -0.2) is 4.98 Å². The highest BCUT2D eigenvalue weighted by molar-refractivity contribution is 8.18. The van der Waals surface area contributed by atoms with E-state index in [0.29, 0.717) is 23.1 Å². The molecule has 0 spiro atoms. The number of nitrogens with zero attached hydrogens (tertiary/aromatic N) is 2. The van der Waals surface area contributed by atoms with Crippen molar-refractivity contribution in [3.8, 4) is 5.75 Å². The van der Waals surface area contributed by atoms with Gasteiger partial charge in [-0.15, -0.1) is 0 Å². The fourth-order valence-corrected chi connectivity index (χ4v) is 2.86. The van der Waals surface area contributed by atoms with E-state index in [9.17, 15) is 4.79 Å². The summed E-state index contributed by atoms with van der Waals surface area (Å²) in [5.41, 5.74) is 12.9. The van der Waals surface area contributed by atoms with Gasteiger partial charge in [-0.1, -0.05) is 6.07 Å². The SMILES string of the molecule is CCOc1cc(N)nc2ccc(C=C3SC(N)=NC3=O)cc12. The lowest BCUT2D eigenvalue weighted by molar-refractivity contribution is -0.113. The summed E-state index contributed by atoms with van der Waals surface area (Å²) in [6.07, 6.45) is 1.75. The predicted octanol–water partition coefficient (Wildman–Crippen LogP) is 2.14. The molecule has 0 atom stereocenters. The lowest BCUT2D eigenvalue weighted by Gasteiger charge is -2.09. The second-order valence-electron chi connectivity index (χ2n) is 4.62. The number of amides is 1. The Morgan fingerprint density at radius 1 is 1.32 bits per heavy atom. The third-order valence-electron chi connectivity index (χ3n) is 3.05. The number of carbonyl (C=O) groups excluding carboxylic acids is 1. The first-order chi connectivity index (χ1) is 10.6. The van der Waals surface area contributed by atoms with Crippen molar-refractivity contribution in [1.82, 2.24) is 4.98 Å². The van der Waals surface area contributed by atoms with Crippen molar-refractivity contribution in [1.29, 1.82) is 0 Å². The predicted molar refractivity (Wildman–Crippen MR) is 89.5 cm³/mol. The van der Waals surface area contributed by atoms with Crippen LogP contribution in [0.2, 0.25) is 0 Å². The molecular formula is C15H14N4O2S. The molecule has 1 aromatic carbocycles. The van der Waals surface area contributed by atoms with Crippen LogP contribution >= 0.6 is 11.8 Å².